The van der Waals surface area contributed by atoms with Gasteiger partial charge in [-0.3, -0.25) is 0 Å². The molecule has 0 unspecified atom stereocenters. The molecule has 0 spiro atoms. The summed E-state index contributed by atoms with van der Waals surface area (Å²) in [6, 6.07) is 6.24. The highest BCUT2D eigenvalue weighted by Crippen LogP contribution is 2.17. The monoisotopic (exact) mass is 194 g/mol. The number of nitrogens with zero attached hydrogens (tertiary/aromatic N) is 2. The van der Waals surface area contributed by atoms with Gasteiger partial charge in [0.2, 0.25) is 0 Å². The van der Waals surface area contributed by atoms with Crippen molar-refractivity contribution in [3.8, 4) is 0 Å². The van der Waals surface area contributed by atoms with Gasteiger partial charge in [-0.25, -0.2) is 10.6 Å². The van der Waals surface area contributed by atoms with Gasteiger partial charge in [-0.05, 0) is 12.1 Å². The van der Waals surface area contributed by atoms with Gasteiger partial charge in [0.25, 0.3) is 0 Å². The Morgan fingerprint density at radius 3 is 2.71 bits per heavy atom. The van der Waals surface area contributed by atoms with Crippen molar-refractivity contribution in [1.82, 2.24) is 0 Å². The van der Waals surface area contributed by atoms with Gasteiger partial charge in [0.1, 0.15) is 6.34 Å². The topological polar surface area (TPSA) is 105 Å². The smallest absolute Gasteiger partial charge is 0.337 e. The first kappa shape index (κ1) is 10.0. The lowest BCUT2D eigenvalue weighted by atomic mass is 10.2. The second kappa shape index (κ2) is 4.24. The van der Waals surface area contributed by atoms with Crippen molar-refractivity contribution in [3.63, 3.8) is 0 Å². The number of anilines is 1. The molecule has 0 saturated carbocycles. The van der Waals surface area contributed by atoms with Crippen molar-refractivity contribution >= 4 is 18.0 Å². The number of aromatic carboxylic acids is 1. The van der Waals surface area contributed by atoms with E-state index in [0.717, 1.165) is 11.5 Å². The van der Waals surface area contributed by atoms with Crippen molar-refractivity contribution in [2.45, 2.75) is 0 Å². The third kappa shape index (κ3) is 1.99. The Morgan fingerprint density at radius 1 is 1.50 bits per heavy atom. The maximum absolute atomic E-state index is 10.8. The number of benzene rings is 1. The van der Waals surface area contributed by atoms with E-state index in [-0.39, 0.29) is 11.3 Å². The van der Waals surface area contributed by atoms with Crippen molar-refractivity contribution in [2.24, 2.45) is 16.7 Å². The molecule has 0 fully saturated rings. The SMILES string of the molecule is N/C=N\N(N)c1ccccc1C(=O)O. The molecule has 0 aliphatic carbocycles. The van der Waals surface area contributed by atoms with E-state index in [4.69, 9.17) is 16.7 Å². The van der Waals surface area contributed by atoms with E-state index in [9.17, 15) is 4.79 Å². The highest BCUT2D eigenvalue weighted by atomic mass is 16.4. The number of hydrazine groups is 1. The fourth-order valence-electron chi connectivity index (χ4n) is 0.988. The highest BCUT2D eigenvalue weighted by Gasteiger charge is 2.11. The number of hydrogen-bond acceptors (Lipinski definition) is 4. The summed E-state index contributed by atoms with van der Waals surface area (Å²) in [5.74, 6) is 4.37. The molecule has 1 aromatic rings. The summed E-state index contributed by atoms with van der Waals surface area (Å²) < 4.78 is 0. The van der Waals surface area contributed by atoms with E-state index in [1.165, 1.54) is 12.1 Å². The predicted molar refractivity (Wildman–Crippen MR) is 52.7 cm³/mol. The zero-order valence-corrected chi connectivity index (χ0v) is 7.29. The average molecular weight is 194 g/mol. The van der Waals surface area contributed by atoms with Crippen molar-refractivity contribution in [3.05, 3.63) is 29.8 Å². The normalized spacial score (nSPS) is 10.4. The molecule has 1 rings (SSSR count). The van der Waals surface area contributed by atoms with Crippen LogP contribution in [0, 0.1) is 0 Å². The Labute approximate surface area is 80.4 Å². The Morgan fingerprint density at radius 2 is 2.14 bits per heavy atom. The van der Waals surface area contributed by atoms with E-state index in [1.807, 2.05) is 0 Å². The van der Waals surface area contributed by atoms with Crippen LogP contribution in [0.4, 0.5) is 5.69 Å². The quantitative estimate of drug-likeness (QED) is 0.271. The fraction of sp³-hybridized carbons (Fsp3) is 0. The molecular formula is C8H10N4O2. The van der Waals surface area contributed by atoms with Gasteiger partial charge in [-0.1, -0.05) is 12.1 Å². The first-order valence-electron chi connectivity index (χ1n) is 3.78. The molecule has 0 amide bonds. The molecule has 0 aliphatic heterocycles. The number of carbonyl (C=O) groups is 1. The second-order valence-corrected chi connectivity index (χ2v) is 2.43. The summed E-state index contributed by atoms with van der Waals surface area (Å²) in [6.45, 7) is 0. The number of carboxylic acids is 1. The molecule has 0 heterocycles. The number of nitrogens with two attached hydrogens (primary N) is 2. The maximum Gasteiger partial charge on any atom is 0.337 e. The summed E-state index contributed by atoms with van der Waals surface area (Å²) in [4.78, 5) is 10.8. The van der Waals surface area contributed by atoms with E-state index in [0.29, 0.717) is 0 Å². The van der Waals surface area contributed by atoms with Gasteiger partial charge in [-0.2, -0.15) is 5.12 Å². The minimum absolute atomic E-state index is 0.0700. The fourth-order valence-corrected chi connectivity index (χ4v) is 0.988. The minimum atomic E-state index is -1.07. The molecule has 1 aromatic carbocycles. The lowest BCUT2D eigenvalue weighted by Crippen LogP contribution is -2.27. The van der Waals surface area contributed by atoms with Gasteiger partial charge in [0.05, 0.1) is 11.3 Å². The summed E-state index contributed by atoms with van der Waals surface area (Å²) in [5, 5.41) is 13.3. The third-order valence-corrected chi connectivity index (χ3v) is 1.57. The van der Waals surface area contributed by atoms with Crippen molar-refractivity contribution in [2.75, 3.05) is 5.12 Å². The maximum atomic E-state index is 10.8. The van der Waals surface area contributed by atoms with E-state index in [2.05, 4.69) is 5.10 Å². The molecule has 74 valence electrons. The molecule has 0 bridgehead atoms. The van der Waals surface area contributed by atoms with Crippen LogP contribution >= 0.6 is 0 Å². The summed E-state index contributed by atoms with van der Waals surface area (Å²) in [5.41, 5.74) is 5.38. The molecule has 0 saturated heterocycles. The number of para-hydroxylation sites is 1. The largest absolute Gasteiger partial charge is 0.478 e. The van der Waals surface area contributed by atoms with Gasteiger partial charge in [0.15, 0.2) is 0 Å². The van der Waals surface area contributed by atoms with Gasteiger partial charge >= 0.3 is 5.97 Å². The highest BCUT2D eigenvalue weighted by molar-refractivity contribution is 5.94. The molecule has 0 atom stereocenters. The second-order valence-electron chi connectivity index (χ2n) is 2.43. The number of hydrogen-bond donors (Lipinski definition) is 3. The number of rotatable bonds is 3. The third-order valence-electron chi connectivity index (χ3n) is 1.57. The van der Waals surface area contributed by atoms with Crippen LogP contribution in [-0.4, -0.2) is 17.4 Å². The van der Waals surface area contributed by atoms with Crippen LogP contribution in [0.3, 0.4) is 0 Å². The zero-order chi connectivity index (χ0) is 10.6. The summed E-state index contributed by atoms with van der Waals surface area (Å²) in [7, 11) is 0. The number of hydrazone groups is 1. The van der Waals surface area contributed by atoms with Crippen LogP contribution in [0.5, 0.6) is 0 Å². The zero-order valence-electron chi connectivity index (χ0n) is 7.29. The Balaban J connectivity index is 3.12. The Kier molecular flexibility index (Phi) is 3.03. The van der Waals surface area contributed by atoms with E-state index in [1.54, 1.807) is 12.1 Å². The van der Waals surface area contributed by atoms with Crippen molar-refractivity contribution < 1.29 is 9.90 Å². The van der Waals surface area contributed by atoms with E-state index >= 15 is 0 Å². The van der Waals surface area contributed by atoms with Gasteiger partial charge in [-0.15, -0.1) is 5.10 Å². The van der Waals surface area contributed by atoms with Gasteiger partial charge < -0.3 is 10.8 Å². The van der Waals surface area contributed by atoms with Crippen molar-refractivity contribution in [1.29, 1.82) is 0 Å². The lowest BCUT2D eigenvalue weighted by Gasteiger charge is -2.13. The molecule has 6 nitrogen and oxygen atoms in total. The molecule has 6 heteroatoms. The van der Waals surface area contributed by atoms with Crippen LogP contribution in [0.1, 0.15) is 10.4 Å². The Hall–Kier alpha value is -2.08. The molecular weight excluding hydrogens is 184 g/mol. The lowest BCUT2D eigenvalue weighted by molar-refractivity contribution is 0.0697. The first-order valence-corrected chi connectivity index (χ1v) is 3.78. The van der Waals surface area contributed by atoms with Gasteiger partial charge in [0, 0.05) is 0 Å². The summed E-state index contributed by atoms with van der Waals surface area (Å²) in [6.07, 6.45) is 0.985. The molecule has 0 radical (unpaired) electrons. The van der Waals surface area contributed by atoms with Crippen LogP contribution in [-0.2, 0) is 0 Å². The average Bonchev–Trinajstić information content (AvgIpc) is 2.18. The summed E-state index contributed by atoms with van der Waals surface area (Å²) >= 11 is 0. The molecule has 0 aliphatic rings. The van der Waals surface area contributed by atoms with Crippen LogP contribution in [0.25, 0.3) is 0 Å². The predicted octanol–water partition coefficient (Wildman–Crippen LogP) is -0.0331. The first-order chi connectivity index (χ1) is 6.66. The standard InChI is InChI=1S/C8H10N4O2/c9-5-11-12(10)7-4-2-1-3-6(7)8(13)14/h1-5H,10H2,(H2,9,11)(H,13,14). The number of carboxylic acid groups (broad SMARTS) is 1. The Bertz CT molecular complexity index is 364. The molecule has 14 heavy (non-hydrogen) atoms. The van der Waals surface area contributed by atoms with Crippen LogP contribution < -0.4 is 16.7 Å². The van der Waals surface area contributed by atoms with E-state index < -0.39 is 5.97 Å². The molecule has 5 N–H and O–H groups in total. The molecule has 0 aromatic heterocycles. The van der Waals surface area contributed by atoms with Crippen LogP contribution in [0.15, 0.2) is 29.4 Å². The van der Waals surface area contributed by atoms with Crippen LogP contribution in [0.2, 0.25) is 0 Å². The minimum Gasteiger partial charge on any atom is -0.478 e.